The predicted octanol–water partition coefficient (Wildman–Crippen LogP) is 3.45. The van der Waals surface area contributed by atoms with E-state index in [2.05, 4.69) is 40.2 Å². The molecule has 4 rings (SSSR count). The van der Waals surface area contributed by atoms with Crippen LogP contribution in [0.4, 0.5) is 11.5 Å². The average molecular weight is 414 g/mol. The number of amides is 1. The highest BCUT2D eigenvalue weighted by molar-refractivity contribution is 5.92. The molecule has 2 aromatic carbocycles. The number of aromatic nitrogens is 2. The Kier molecular flexibility index (Phi) is 6.15. The smallest absolute Gasteiger partial charge is 0.226 e. The van der Waals surface area contributed by atoms with E-state index in [1.165, 1.54) is 6.33 Å². The van der Waals surface area contributed by atoms with Gasteiger partial charge in [-0.2, -0.15) is 0 Å². The van der Waals surface area contributed by atoms with Crippen LogP contribution in [-0.2, 0) is 11.2 Å². The summed E-state index contributed by atoms with van der Waals surface area (Å²) in [4.78, 5) is 25.9. The number of terminal acetylenes is 1. The van der Waals surface area contributed by atoms with Crippen molar-refractivity contribution in [2.45, 2.75) is 25.3 Å². The summed E-state index contributed by atoms with van der Waals surface area (Å²) in [6, 6.07) is 14.1. The van der Waals surface area contributed by atoms with Crippen molar-refractivity contribution >= 4 is 28.3 Å². The predicted molar refractivity (Wildman–Crippen MR) is 124 cm³/mol. The molecule has 0 spiro atoms. The second-order valence-corrected chi connectivity index (χ2v) is 8.18. The fraction of sp³-hybridized carbons (Fsp3) is 0.320. The van der Waals surface area contributed by atoms with E-state index >= 15 is 0 Å². The maximum Gasteiger partial charge on any atom is 0.226 e. The Morgan fingerprint density at radius 2 is 2.00 bits per heavy atom. The molecule has 1 saturated heterocycles. The van der Waals surface area contributed by atoms with Gasteiger partial charge in [-0.1, -0.05) is 18.1 Å². The number of benzene rings is 2. The molecule has 0 unspecified atom stereocenters. The molecule has 2 heterocycles. The number of carbonyl (C=O) groups excluding carboxylic acids is 1. The van der Waals surface area contributed by atoms with Gasteiger partial charge in [-0.25, -0.2) is 9.97 Å². The van der Waals surface area contributed by atoms with Gasteiger partial charge in [-0.15, -0.1) is 6.42 Å². The molecular formula is C25H27N5O. The van der Waals surface area contributed by atoms with Crippen LogP contribution in [0.3, 0.4) is 0 Å². The highest BCUT2D eigenvalue weighted by Crippen LogP contribution is 2.25. The Hall–Kier alpha value is -3.43. The highest BCUT2D eigenvalue weighted by atomic mass is 16.2. The Labute approximate surface area is 183 Å². The van der Waals surface area contributed by atoms with E-state index in [4.69, 9.17) is 6.42 Å². The lowest BCUT2D eigenvalue weighted by Crippen LogP contribution is -2.44. The first-order valence-electron chi connectivity index (χ1n) is 10.5. The zero-order valence-corrected chi connectivity index (χ0v) is 18.0. The van der Waals surface area contributed by atoms with Crippen LogP contribution in [-0.4, -0.2) is 58.9 Å². The third-order valence-corrected chi connectivity index (χ3v) is 5.89. The quantitative estimate of drug-likeness (QED) is 0.649. The third-order valence-electron chi connectivity index (χ3n) is 5.89. The molecular weight excluding hydrogens is 386 g/mol. The molecule has 1 N–H and O–H groups in total. The Balaban J connectivity index is 1.51. The van der Waals surface area contributed by atoms with Crippen LogP contribution < -0.4 is 5.32 Å². The number of nitrogens with one attached hydrogen (secondary N) is 1. The van der Waals surface area contributed by atoms with Crippen molar-refractivity contribution in [3.8, 4) is 12.3 Å². The highest BCUT2D eigenvalue weighted by Gasteiger charge is 2.23. The van der Waals surface area contributed by atoms with Gasteiger partial charge in [0.15, 0.2) is 0 Å². The first-order chi connectivity index (χ1) is 15.0. The second-order valence-electron chi connectivity index (χ2n) is 8.18. The third kappa shape index (κ3) is 4.84. The van der Waals surface area contributed by atoms with Crippen molar-refractivity contribution < 1.29 is 4.79 Å². The summed E-state index contributed by atoms with van der Waals surface area (Å²) < 4.78 is 0. The van der Waals surface area contributed by atoms with Crippen LogP contribution >= 0.6 is 0 Å². The molecule has 6 nitrogen and oxygen atoms in total. The standard InChI is InChI=1S/C25H27N5O/c1-4-18-6-5-7-20(14-18)28-25-22-15-19(8-9-23(22)26-17-27-25)16-24(31)30-12-10-21(11-13-30)29(2)3/h1,5-9,14-15,17,21H,10-13,16H2,2-3H3,(H,26,27,28). The van der Waals surface area contributed by atoms with Gasteiger partial charge in [0.1, 0.15) is 12.1 Å². The first-order valence-corrected chi connectivity index (χ1v) is 10.5. The van der Waals surface area contributed by atoms with Gasteiger partial charge in [0.25, 0.3) is 0 Å². The van der Waals surface area contributed by atoms with E-state index in [1.807, 2.05) is 47.4 Å². The van der Waals surface area contributed by atoms with Gasteiger partial charge >= 0.3 is 0 Å². The van der Waals surface area contributed by atoms with Gasteiger partial charge in [0.05, 0.1) is 11.9 Å². The molecule has 0 aliphatic carbocycles. The largest absolute Gasteiger partial charge is 0.342 e. The average Bonchev–Trinajstić information content (AvgIpc) is 2.79. The van der Waals surface area contributed by atoms with Crippen molar-refractivity contribution in [3.63, 3.8) is 0 Å². The van der Waals surface area contributed by atoms with Crippen LogP contribution in [0.15, 0.2) is 48.8 Å². The molecule has 31 heavy (non-hydrogen) atoms. The monoisotopic (exact) mass is 413 g/mol. The zero-order chi connectivity index (χ0) is 21.8. The van der Waals surface area contributed by atoms with Crippen LogP contribution in [0.5, 0.6) is 0 Å². The molecule has 158 valence electrons. The van der Waals surface area contributed by atoms with Crippen LogP contribution in [0.2, 0.25) is 0 Å². The molecule has 0 radical (unpaired) electrons. The summed E-state index contributed by atoms with van der Waals surface area (Å²) >= 11 is 0. The first kappa shape index (κ1) is 20.8. The number of piperidine rings is 1. The van der Waals surface area contributed by atoms with Crippen LogP contribution in [0.25, 0.3) is 10.9 Å². The van der Waals surface area contributed by atoms with Gasteiger partial charge in [-0.05, 0) is 62.8 Å². The number of nitrogens with zero attached hydrogens (tertiary/aromatic N) is 4. The maximum absolute atomic E-state index is 12.9. The molecule has 1 amide bonds. The number of carbonyl (C=O) groups is 1. The second kappa shape index (κ2) is 9.15. The lowest BCUT2D eigenvalue weighted by Gasteiger charge is -2.35. The van der Waals surface area contributed by atoms with Gasteiger partial charge < -0.3 is 15.1 Å². The number of hydrogen-bond donors (Lipinski definition) is 1. The minimum Gasteiger partial charge on any atom is -0.342 e. The van der Waals surface area contributed by atoms with Gasteiger partial charge in [-0.3, -0.25) is 4.79 Å². The number of likely N-dealkylation sites (tertiary alicyclic amines) is 1. The summed E-state index contributed by atoms with van der Waals surface area (Å²) in [5.74, 6) is 3.51. The molecule has 0 bridgehead atoms. The lowest BCUT2D eigenvalue weighted by molar-refractivity contribution is -0.131. The molecule has 1 fully saturated rings. The van der Waals surface area contributed by atoms with Crippen molar-refractivity contribution in [1.82, 2.24) is 19.8 Å². The van der Waals surface area contributed by atoms with E-state index < -0.39 is 0 Å². The van der Waals surface area contributed by atoms with E-state index in [0.717, 1.165) is 53.6 Å². The molecule has 1 aliphatic heterocycles. The number of hydrogen-bond acceptors (Lipinski definition) is 5. The summed E-state index contributed by atoms with van der Waals surface area (Å²) in [5, 5.41) is 4.21. The summed E-state index contributed by atoms with van der Waals surface area (Å²) in [6.07, 6.45) is 9.47. The van der Waals surface area contributed by atoms with Crippen molar-refractivity contribution in [1.29, 1.82) is 0 Å². The minimum atomic E-state index is 0.171. The molecule has 6 heteroatoms. The Morgan fingerprint density at radius 1 is 1.19 bits per heavy atom. The zero-order valence-electron chi connectivity index (χ0n) is 18.0. The Bertz CT molecular complexity index is 1130. The van der Waals surface area contributed by atoms with Gasteiger partial charge in [0.2, 0.25) is 5.91 Å². The molecule has 1 aromatic heterocycles. The van der Waals surface area contributed by atoms with E-state index in [9.17, 15) is 4.79 Å². The van der Waals surface area contributed by atoms with Crippen LogP contribution in [0.1, 0.15) is 24.0 Å². The summed E-state index contributed by atoms with van der Waals surface area (Å²) in [6.45, 7) is 1.63. The van der Waals surface area contributed by atoms with E-state index in [1.54, 1.807) is 0 Å². The van der Waals surface area contributed by atoms with Crippen molar-refractivity contribution in [2.24, 2.45) is 0 Å². The maximum atomic E-state index is 12.9. The molecule has 1 aliphatic rings. The summed E-state index contributed by atoms with van der Waals surface area (Å²) in [5.41, 5.74) is 3.45. The van der Waals surface area contributed by atoms with Crippen LogP contribution in [0, 0.1) is 12.3 Å². The summed E-state index contributed by atoms with van der Waals surface area (Å²) in [7, 11) is 4.21. The molecule has 0 atom stereocenters. The van der Waals surface area contributed by atoms with Crippen molar-refractivity contribution in [3.05, 3.63) is 59.9 Å². The molecule has 0 saturated carbocycles. The molecule has 3 aromatic rings. The van der Waals surface area contributed by atoms with Gasteiger partial charge in [0, 0.05) is 35.8 Å². The fourth-order valence-electron chi connectivity index (χ4n) is 4.05. The van der Waals surface area contributed by atoms with E-state index in [0.29, 0.717) is 18.3 Å². The van der Waals surface area contributed by atoms with Crippen molar-refractivity contribution in [2.75, 3.05) is 32.5 Å². The fourth-order valence-corrected chi connectivity index (χ4v) is 4.05. The number of fused-ring (bicyclic) bond motifs is 1. The normalized spacial score (nSPS) is 14.6. The minimum absolute atomic E-state index is 0.171. The number of rotatable bonds is 5. The topological polar surface area (TPSA) is 61.4 Å². The lowest BCUT2D eigenvalue weighted by atomic mass is 10.0. The van der Waals surface area contributed by atoms with E-state index in [-0.39, 0.29) is 5.91 Å². The Morgan fingerprint density at radius 3 is 2.74 bits per heavy atom. The SMILES string of the molecule is C#Cc1cccc(Nc2ncnc3ccc(CC(=O)N4CCC(N(C)C)CC4)cc23)c1. The number of anilines is 2.